The Balaban J connectivity index is 2.27. The lowest BCUT2D eigenvalue weighted by Crippen LogP contribution is -2.06. The molecule has 0 amide bonds. The van der Waals surface area contributed by atoms with Gasteiger partial charge in [-0.1, -0.05) is 18.2 Å². The third kappa shape index (κ3) is 2.82. The molecule has 0 bridgehead atoms. The third-order valence-electron chi connectivity index (χ3n) is 2.55. The van der Waals surface area contributed by atoms with Crippen LogP contribution >= 0.6 is 0 Å². The van der Waals surface area contributed by atoms with E-state index in [4.69, 9.17) is 4.74 Å². The van der Waals surface area contributed by atoms with Crippen molar-refractivity contribution < 1.29 is 4.74 Å². The van der Waals surface area contributed by atoms with E-state index in [1.165, 1.54) is 0 Å². The van der Waals surface area contributed by atoms with Gasteiger partial charge in [-0.25, -0.2) is 0 Å². The second-order valence-corrected chi connectivity index (χ2v) is 3.88. The van der Waals surface area contributed by atoms with E-state index in [2.05, 4.69) is 10.3 Å². The van der Waals surface area contributed by atoms with E-state index in [-0.39, 0.29) is 0 Å². The van der Waals surface area contributed by atoms with E-state index in [0.29, 0.717) is 0 Å². The lowest BCUT2D eigenvalue weighted by atomic mass is 10.2. The number of hydrogen-bond acceptors (Lipinski definition) is 3. The number of aromatic nitrogens is 1. The molecule has 17 heavy (non-hydrogen) atoms. The number of nitrogens with one attached hydrogen (secondary N) is 1. The molecule has 2 rings (SSSR count). The zero-order valence-electron chi connectivity index (χ0n) is 10.1. The molecule has 0 atom stereocenters. The molecular formula is C14H16N2O. The van der Waals surface area contributed by atoms with Crippen LogP contribution < -0.4 is 10.1 Å². The molecule has 0 aliphatic carbocycles. The zero-order chi connectivity index (χ0) is 12.1. The van der Waals surface area contributed by atoms with Gasteiger partial charge in [-0.3, -0.25) is 4.98 Å². The van der Waals surface area contributed by atoms with Crippen LogP contribution in [0.2, 0.25) is 0 Å². The van der Waals surface area contributed by atoms with Crippen LogP contribution in [-0.2, 0) is 6.54 Å². The van der Waals surface area contributed by atoms with Crippen molar-refractivity contribution in [1.82, 2.24) is 10.3 Å². The summed E-state index contributed by atoms with van der Waals surface area (Å²) in [5.74, 6) is 1.68. The zero-order valence-corrected chi connectivity index (χ0v) is 10.1. The predicted octanol–water partition coefficient (Wildman–Crippen LogP) is 2.90. The normalized spacial score (nSPS) is 10.2. The summed E-state index contributed by atoms with van der Waals surface area (Å²) in [5, 5.41) is 3.12. The Bertz CT molecular complexity index is 497. The molecular weight excluding hydrogens is 212 g/mol. The summed E-state index contributed by atoms with van der Waals surface area (Å²) in [5.41, 5.74) is 2.22. The van der Waals surface area contributed by atoms with Crippen LogP contribution in [-0.4, -0.2) is 12.0 Å². The van der Waals surface area contributed by atoms with Crippen molar-refractivity contribution in [2.24, 2.45) is 0 Å². The summed E-state index contributed by atoms with van der Waals surface area (Å²) in [4.78, 5) is 4.10. The summed E-state index contributed by atoms with van der Waals surface area (Å²) in [6.07, 6.45) is 3.52. The fourth-order valence-corrected chi connectivity index (χ4v) is 1.63. The van der Waals surface area contributed by atoms with Gasteiger partial charge in [0.25, 0.3) is 0 Å². The SMILES string of the molecule is CNCc1ccncc1Oc1ccccc1C. The molecule has 1 aromatic heterocycles. The molecule has 0 fully saturated rings. The first-order valence-corrected chi connectivity index (χ1v) is 5.62. The largest absolute Gasteiger partial charge is 0.455 e. The van der Waals surface area contributed by atoms with E-state index in [1.54, 1.807) is 12.4 Å². The first-order valence-electron chi connectivity index (χ1n) is 5.62. The molecule has 1 heterocycles. The molecule has 2 aromatic rings. The van der Waals surface area contributed by atoms with Gasteiger partial charge in [-0.05, 0) is 31.7 Å². The summed E-state index contributed by atoms with van der Waals surface area (Å²) in [7, 11) is 1.91. The molecule has 0 aliphatic heterocycles. The van der Waals surface area contributed by atoms with Gasteiger partial charge >= 0.3 is 0 Å². The van der Waals surface area contributed by atoms with Gasteiger partial charge in [0, 0.05) is 18.3 Å². The van der Waals surface area contributed by atoms with Crippen molar-refractivity contribution in [3.05, 3.63) is 53.9 Å². The molecule has 0 radical (unpaired) electrons. The number of rotatable bonds is 4. The maximum Gasteiger partial charge on any atom is 0.150 e. The molecule has 0 unspecified atom stereocenters. The number of ether oxygens (including phenoxy) is 1. The Hall–Kier alpha value is -1.87. The molecule has 1 N–H and O–H groups in total. The van der Waals surface area contributed by atoms with Gasteiger partial charge in [0.1, 0.15) is 11.5 Å². The first-order chi connectivity index (χ1) is 8.31. The van der Waals surface area contributed by atoms with E-state index < -0.39 is 0 Å². The highest BCUT2D eigenvalue weighted by Crippen LogP contribution is 2.26. The summed E-state index contributed by atoms with van der Waals surface area (Å²) >= 11 is 0. The number of benzene rings is 1. The molecule has 0 spiro atoms. The van der Waals surface area contributed by atoms with Gasteiger partial charge in [0.2, 0.25) is 0 Å². The maximum atomic E-state index is 5.89. The van der Waals surface area contributed by atoms with Crippen LogP contribution in [0.25, 0.3) is 0 Å². The smallest absolute Gasteiger partial charge is 0.150 e. The minimum Gasteiger partial charge on any atom is -0.455 e. The van der Waals surface area contributed by atoms with Crippen LogP contribution in [0.3, 0.4) is 0 Å². The van der Waals surface area contributed by atoms with Gasteiger partial charge in [0.15, 0.2) is 0 Å². The second kappa shape index (κ2) is 5.46. The van der Waals surface area contributed by atoms with Crippen LogP contribution in [0, 0.1) is 6.92 Å². The molecule has 88 valence electrons. The number of aryl methyl sites for hydroxylation is 1. The minimum absolute atomic E-state index is 0.768. The topological polar surface area (TPSA) is 34.2 Å². The predicted molar refractivity (Wildman–Crippen MR) is 68.3 cm³/mol. The van der Waals surface area contributed by atoms with Crippen LogP contribution in [0.1, 0.15) is 11.1 Å². The van der Waals surface area contributed by atoms with E-state index in [0.717, 1.165) is 29.2 Å². The highest BCUT2D eigenvalue weighted by Gasteiger charge is 2.05. The van der Waals surface area contributed by atoms with E-state index in [1.807, 2.05) is 44.3 Å². The average molecular weight is 228 g/mol. The monoisotopic (exact) mass is 228 g/mol. The number of nitrogens with zero attached hydrogens (tertiary/aromatic N) is 1. The van der Waals surface area contributed by atoms with Gasteiger partial charge in [-0.2, -0.15) is 0 Å². The average Bonchev–Trinajstić information content (AvgIpc) is 2.35. The molecule has 3 heteroatoms. The molecule has 3 nitrogen and oxygen atoms in total. The van der Waals surface area contributed by atoms with Crippen molar-refractivity contribution in [3.8, 4) is 11.5 Å². The Morgan fingerprint density at radius 2 is 2.00 bits per heavy atom. The van der Waals surface area contributed by atoms with Crippen molar-refractivity contribution >= 4 is 0 Å². The maximum absolute atomic E-state index is 5.89. The highest BCUT2D eigenvalue weighted by molar-refractivity contribution is 5.39. The van der Waals surface area contributed by atoms with Crippen LogP contribution in [0.15, 0.2) is 42.7 Å². The number of para-hydroxylation sites is 1. The lowest BCUT2D eigenvalue weighted by Gasteiger charge is -2.11. The summed E-state index contributed by atoms with van der Waals surface area (Å²) < 4.78 is 5.89. The summed E-state index contributed by atoms with van der Waals surface area (Å²) in [6.45, 7) is 2.80. The quantitative estimate of drug-likeness (QED) is 0.873. The van der Waals surface area contributed by atoms with Gasteiger partial charge < -0.3 is 10.1 Å². The fourth-order valence-electron chi connectivity index (χ4n) is 1.63. The molecule has 0 aliphatic rings. The minimum atomic E-state index is 0.768. The first kappa shape index (κ1) is 11.6. The standard InChI is InChI=1S/C14H16N2O/c1-11-5-3-4-6-13(11)17-14-10-16-8-7-12(14)9-15-2/h3-8,10,15H,9H2,1-2H3. The number of pyridine rings is 1. The van der Waals surface area contributed by atoms with E-state index >= 15 is 0 Å². The summed E-state index contributed by atoms with van der Waals surface area (Å²) in [6, 6.07) is 9.93. The number of hydrogen-bond donors (Lipinski definition) is 1. The Labute approximate surface area is 101 Å². The Kier molecular flexibility index (Phi) is 3.73. The van der Waals surface area contributed by atoms with E-state index in [9.17, 15) is 0 Å². The molecule has 1 aromatic carbocycles. The van der Waals surface area contributed by atoms with Crippen molar-refractivity contribution in [2.75, 3.05) is 7.05 Å². The molecule has 0 saturated heterocycles. The van der Waals surface area contributed by atoms with Gasteiger partial charge in [-0.15, -0.1) is 0 Å². The second-order valence-electron chi connectivity index (χ2n) is 3.88. The lowest BCUT2D eigenvalue weighted by molar-refractivity contribution is 0.468. The van der Waals surface area contributed by atoms with Crippen LogP contribution in [0.5, 0.6) is 11.5 Å². The Morgan fingerprint density at radius 1 is 1.18 bits per heavy atom. The highest BCUT2D eigenvalue weighted by atomic mass is 16.5. The van der Waals surface area contributed by atoms with Crippen molar-refractivity contribution in [2.45, 2.75) is 13.5 Å². The Morgan fingerprint density at radius 3 is 2.76 bits per heavy atom. The van der Waals surface area contributed by atoms with Crippen LogP contribution in [0.4, 0.5) is 0 Å². The van der Waals surface area contributed by atoms with Crippen molar-refractivity contribution in [1.29, 1.82) is 0 Å². The van der Waals surface area contributed by atoms with Crippen molar-refractivity contribution in [3.63, 3.8) is 0 Å². The molecule has 0 saturated carbocycles. The third-order valence-corrected chi connectivity index (χ3v) is 2.55. The van der Waals surface area contributed by atoms with Gasteiger partial charge in [0.05, 0.1) is 6.20 Å². The fraction of sp³-hybridized carbons (Fsp3) is 0.214.